The van der Waals surface area contributed by atoms with Crippen LogP contribution < -0.4 is 5.73 Å². The van der Waals surface area contributed by atoms with Gasteiger partial charge in [0.2, 0.25) is 5.91 Å². The van der Waals surface area contributed by atoms with E-state index < -0.39 is 0 Å². The Labute approximate surface area is 92.4 Å². The van der Waals surface area contributed by atoms with Gasteiger partial charge >= 0.3 is 0 Å². The van der Waals surface area contributed by atoms with Gasteiger partial charge in [-0.3, -0.25) is 4.79 Å². The summed E-state index contributed by atoms with van der Waals surface area (Å²) in [7, 11) is 0. The van der Waals surface area contributed by atoms with Crippen LogP contribution in [0.1, 0.15) is 40.0 Å². The maximum absolute atomic E-state index is 10.7. The molecule has 0 aromatic heterocycles. The Bertz CT molecular complexity index is 216. The highest BCUT2D eigenvalue weighted by Crippen LogP contribution is 2.35. The van der Waals surface area contributed by atoms with Crippen molar-refractivity contribution in [3.05, 3.63) is 0 Å². The molecule has 15 heavy (non-hydrogen) atoms. The zero-order chi connectivity index (χ0) is 11.4. The molecule has 3 atom stereocenters. The molecule has 0 spiro atoms. The summed E-state index contributed by atoms with van der Waals surface area (Å²) in [5.41, 5.74) is 5.10. The van der Waals surface area contributed by atoms with Gasteiger partial charge in [0.1, 0.15) is 6.61 Å². The van der Waals surface area contributed by atoms with Gasteiger partial charge in [-0.1, -0.05) is 27.2 Å². The molecule has 1 rings (SSSR count). The van der Waals surface area contributed by atoms with E-state index in [0.717, 1.165) is 6.42 Å². The molecule has 2 N–H and O–H groups in total. The minimum atomic E-state index is -0.365. The quantitative estimate of drug-likeness (QED) is 0.776. The first-order chi connectivity index (χ1) is 7.00. The molecular formula is C12H23NO2. The summed E-state index contributed by atoms with van der Waals surface area (Å²) in [5, 5.41) is 0. The smallest absolute Gasteiger partial charge is 0.243 e. The lowest BCUT2D eigenvalue weighted by Crippen LogP contribution is -2.36. The lowest BCUT2D eigenvalue weighted by atomic mass is 9.75. The summed E-state index contributed by atoms with van der Waals surface area (Å²) in [5.74, 6) is 1.55. The maximum Gasteiger partial charge on any atom is 0.243 e. The van der Waals surface area contributed by atoms with Gasteiger partial charge in [0.15, 0.2) is 0 Å². The minimum absolute atomic E-state index is 0.0700. The van der Waals surface area contributed by atoms with Crippen LogP contribution in [0.2, 0.25) is 0 Å². The third-order valence-corrected chi connectivity index (χ3v) is 3.40. The molecule has 1 saturated carbocycles. The third kappa shape index (κ3) is 3.82. The summed E-state index contributed by atoms with van der Waals surface area (Å²) in [4.78, 5) is 10.7. The highest BCUT2D eigenvalue weighted by Gasteiger charge is 2.31. The van der Waals surface area contributed by atoms with Gasteiger partial charge in [-0.2, -0.15) is 0 Å². The zero-order valence-corrected chi connectivity index (χ0v) is 10.0. The van der Waals surface area contributed by atoms with Crippen molar-refractivity contribution in [1.82, 2.24) is 0 Å². The van der Waals surface area contributed by atoms with Crippen molar-refractivity contribution in [2.75, 3.05) is 6.61 Å². The highest BCUT2D eigenvalue weighted by molar-refractivity contribution is 5.75. The predicted molar refractivity (Wildman–Crippen MR) is 60.3 cm³/mol. The second kappa shape index (κ2) is 5.50. The van der Waals surface area contributed by atoms with E-state index in [9.17, 15) is 4.79 Å². The Balaban J connectivity index is 2.50. The first-order valence-corrected chi connectivity index (χ1v) is 5.90. The van der Waals surface area contributed by atoms with Gasteiger partial charge in [-0.05, 0) is 30.6 Å². The molecule has 1 fully saturated rings. The van der Waals surface area contributed by atoms with E-state index in [1.165, 1.54) is 12.8 Å². The molecule has 3 nitrogen and oxygen atoms in total. The summed E-state index contributed by atoms with van der Waals surface area (Å²) >= 11 is 0. The van der Waals surface area contributed by atoms with Gasteiger partial charge in [0, 0.05) is 0 Å². The molecule has 0 aromatic carbocycles. The molecule has 0 heterocycles. The fraction of sp³-hybridized carbons (Fsp3) is 0.917. The molecule has 0 bridgehead atoms. The van der Waals surface area contributed by atoms with E-state index in [0.29, 0.717) is 17.8 Å². The van der Waals surface area contributed by atoms with Crippen molar-refractivity contribution in [2.45, 2.75) is 46.1 Å². The number of amides is 1. The first kappa shape index (κ1) is 12.5. The van der Waals surface area contributed by atoms with E-state index >= 15 is 0 Å². The van der Waals surface area contributed by atoms with Crippen LogP contribution in [-0.2, 0) is 9.53 Å². The fourth-order valence-corrected chi connectivity index (χ4v) is 2.50. The van der Waals surface area contributed by atoms with E-state index in [1.807, 2.05) is 0 Å². The van der Waals surface area contributed by atoms with Gasteiger partial charge in [0.05, 0.1) is 6.10 Å². The second-order valence-corrected chi connectivity index (χ2v) is 5.14. The van der Waals surface area contributed by atoms with Gasteiger partial charge < -0.3 is 10.5 Å². The van der Waals surface area contributed by atoms with Crippen molar-refractivity contribution >= 4 is 5.91 Å². The van der Waals surface area contributed by atoms with E-state index in [2.05, 4.69) is 20.8 Å². The number of carbonyl (C=O) groups is 1. The van der Waals surface area contributed by atoms with Gasteiger partial charge in [-0.25, -0.2) is 0 Å². The number of rotatable bonds is 4. The summed E-state index contributed by atoms with van der Waals surface area (Å²) in [6.45, 7) is 6.76. The fourth-order valence-electron chi connectivity index (χ4n) is 2.50. The van der Waals surface area contributed by atoms with Crippen molar-refractivity contribution < 1.29 is 9.53 Å². The summed E-state index contributed by atoms with van der Waals surface area (Å²) in [6, 6.07) is 0. The molecule has 0 radical (unpaired) electrons. The van der Waals surface area contributed by atoms with Crippen LogP contribution in [-0.4, -0.2) is 18.6 Å². The number of ether oxygens (including phenoxy) is 1. The number of hydrogen-bond donors (Lipinski definition) is 1. The summed E-state index contributed by atoms with van der Waals surface area (Å²) < 4.78 is 5.61. The van der Waals surface area contributed by atoms with Crippen LogP contribution in [0.4, 0.5) is 0 Å². The van der Waals surface area contributed by atoms with Crippen molar-refractivity contribution in [1.29, 1.82) is 0 Å². The lowest BCUT2D eigenvalue weighted by molar-refractivity contribution is -0.128. The first-order valence-electron chi connectivity index (χ1n) is 5.90. The number of nitrogens with two attached hydrogens (primary N) is 1. The average Bonchev–Trinajstić information content (AvgIpc) is 2.14. The molecule has 0 aliphatic heterocycles. The zero-order valence-electron chi connectivity index (χ0n) is 10.0. The van der Waals surface area contributed by atoms with E-state index in [1.54, 1.807) is 0 Å². The number of primary amides is 1. The lowest BCUT2D eigenvalue weighted by Gasteiger charge is -2.36. The molecule has 0 saturated heterocycles. The van der Waals surface area contributed by atoms with Crippen LogP contribution in [0.25, 0.3) is 0 Å². The average molecular weight is 213 g/mol. The Morgan fingerprint density at radius 3 is 2.67 bits per heavy atom. The number of carbonyl (C=O) groups excluding carboxylic acids is 1. The van der Waals surface area contributed by atoms with Gasteiger partial charge in [0.25, 0.3) is 0 Å². The molecule has 0 aromatic rings. The van der Waals surface area contributed by atoms with Gasteiger partial charge in [-0.15, -0.1) is 0 Å². The normalized spacial score (nSPS) is 31.9. The molecule has 3 unspecified atom stereocenters. The third-order valence-electron chi connectivity index (χ3n) is 3.40. The monoisotopic (exact) mass is 213 g/mol. The standard InChI is InChI=1S/C12H23NO2/c1-8(2)10-5-4-9(3)6-11(10)15-7-12(13)14/h8-11H,4-7H2,1-3H3,(H2,13,14). The van der Waals surface area contributed by atoms with Crippen LogP contribution in [0.3, 0.4) is 0 Å². The van der Waals surface area contributed by atoms with Crippen LogP contribution in [0.15, 0.2) is 0 Å². The molecular weight excluding hydrogens is 190 g/mol. The molecule has 88 valence electrons. The molecule has 3 heteroatoms. The van der Waals surface area contributed by atoms with E-state index in [-0.39, 0.29) is 18.6 Å². The van der Waals surface area contributed by atoms with E-state index in [4.69, 9.17) is 10.5 Å². The largest absolute Gasteiger partial charge is 0.368 e. The predicted octanol–water partition coefficient (Wildman–Crippen LogP) is 1.95. The maximum atomic E-state index is 10.7. The minimum Gasteiger partial charge on any atom is -0.368 e. The Morgan fingerprint density at radius 1 is 1.47 bits per heavy atom. The molecule has 1 aliphatic carbocycles. The van der Waals surface area contributed by atoms with Crippen molar-refractivity contribution in [3.63, 3.8) is 0 Å². The SMILES string of the molecule is CC1CCC(C(C)C)C(OCC(N)=O)C1. The van der Waals surface area contributed by atoms with Crippen LogP contribution in [0.5, 0.6) is 0 Å². The Kier molecular flexibility index (Phi) is 4.58. The Hall–Kier alpha value is -0.570. The van der Waals surface area contributed by atoms with Crippen LogP contribution in [0, 0.1) is 17.8 Å². The number of hydrogen-bond acceptors (Lipinski definition) is 2. The van der Waals surface area contributed by atoms with Crippen LogP contribution >= 0.6 is 0 Å². The summed E-state index contributed by atoms with van der Waals surface area (Å²) in [6.07, 6.45) is 3.78. The topological polar surface area (TPSA) is 52.3 Å². The highest BCUT2D eigenvalue weighted by atomic mass is 16.5. The van der Waals surface area contributed by atoms with Crippen molar-refractivity contribution in [3.8, 4) is 0 Å². The molecule has 1 amide bonds. The Morgan fingerprint density at radius 2 is 2.13 bits per heavy atom. The molecule has 1 aliphatic rings. The van der Waals surface area contributed by atoms with Crippen molar-refractivity contribution in [2.24, 2.45) is 23.5 Å². The second-order valence-electron chi connectivity index (χ2n) is 5.14.